The lowest BCUT2D eigenvalue weighted by molar-refractivity contribution is -0.142. The molecular weight excluding hydrogens is 384 g/mol. The molecule has 164 valence electrons. The summed E-state index contributed by atoms with van der Waals surface area (Å²) in [6.07, 6.45) is 2.29. The number of hydrogen-bond acceptors (Lipinski definition) is 4. The minimum absolute atomic E-state index is 0.0856. The molecule has 0 spiro atoms. The standard InChI is InChI=1S/C22H32N4O4/c1-12(2)9-18(22(29)30)26-20(27)17(25-21(28)19(23)13(3)4)10-14-11-24-16-8-6-5-7-15(14)16/h5-8,11-13,17-19,24H,9-10,23H2,1-4H3,(H,25,28)(H,26,27)(H,29,30)/t17-,18+,19-/m0/s1. The summed E-state index contributed by atoms with van der Waals surface area (Å²) in [7, 11) is 0. The van der Waals surface area contributed by atoms with Crippen molar-refractivity contribution in [3.8, 4) is 0 Å². The molecule has 8 heteroatoms. The highest BCUT2D eigenvalue weighted by molar-refractivity contribution is 5.93. The molecule has 2 rings (SSSR count). The Labute approximate surface area is 176 Å². The number of hydrogen-bond donors (Lipinski definition) is 5. The zero-order valence-electron chi connectivity index (χ0n) is 17.9. The normalized spacial score (nSPS) is 14.5. The molecule has 0 bridgehead atoms. The first kappa shape index (κ1) is 23.4. The van der Waals surface area contributed by atoms with Gasteiger partial charge in [0.2, 0.25) is 11.8 Å². The van der Waals surface area contributed by atoms with Crippen LogP contribution in [0.15, 0.2) is 30.5 Å². The first-order chi connectivity index (χ1) is 14.1. The van der Waals surface area contributed by atoms with E-state index in [-0.39, 0.29) is 18.3 Å². The highest BCUT2D eigenvalue weighted by Crippen LogP contribution is 2.19. The Kier molecular flexibility index (Phi) is 8.00. The number of aliphatic carboxylic acids is 1. The van der Waals surface area contributed by atoms with Crippen LogP contribution in [0.5, 0.6) is 0 Å². The molecule has 0 aliphatic carbocycles. The Morgan fingerprint density at radius 3 is 2.27 bits per heavy atom. The van der Waals surface area contributed by atoms with E-state index in [1.807, 2.05) is 52.0 Å². The number of para-hydroxylation sites is 1. The van der Waals surface area contributed by atoms with Crippen molar-refractivity contribution in [2.75, 3.05) is 0 Å². The molecule has 0 aliphatic rings. The van der Waals surface area contributed by atoms with Gasteiger partial charge in [-0.05, 0) is 29.9 Å². The van der Waals surface area contributed by atoms with Crippen molar-refractivity contribution in [3.63, 3.8) is 0 Å². The number of aromatic nitrogens is 1. The van der Waals surface area contributed by atoms with Crippen LogP contribution in [-0.2, 0) is 20.8 Å². The summed E-state index contributed by atoms with van der Waals surface area (Å²) in [6.45, 7) is 7.41. The molecule has 0 unspecified atom stereocenters. The maximum Gasteiger partial charge on any atom is 0.326 e. The summed E-state index contributed by atoms with van der Waals surface area (Å²) in [5.74, 6) is -2.11. The van der Waals surface area contributed by atoms with Crippen LogP contribution < -0.4 is 16.4 Å². The van der Waals surface area contributed by atoms with E-state index in [0.29, 0.717) is 6.42 Å². The highest BCUT2D eigenvalue weighted by Gasteiger charge is 2.29. The topological polar surface area (TPSA) is 137 Å². The van der Waals surface area contributed by atoms with Crippen molar-refractivity contribution in [2.45, 2.75) is 58.7 Å². The molecule has 1 heterocycles. The van der Waals surface area contributed by atoms with Crippen LogP contribution >= 0.6 is 0 Å². The molecule has 0 aliphatic heterocycles. The van der Waals surface area contributed by atoms with Crippen molar-refractivity contribution in [1.82, 2.24) is 15.6 Å². The van der Waals surface area contributed by atoms with Crippen molar-refractivity contribution in [1.29, 1.82) is 0 Å². The van der Waals surface area contributed by atoms with E-state index in [4.69, 9.17) is 5.73 Å². The predicted molar refractivity (Wildman–Crippen MR) is 116 cm³/mol. The van der Waals surface area contributed by atoms with Crippen LogP contribution in [-0.4, -0.2) is 46.0 Å². The number of carboxylic acid groups (broad SMARTS) is 1. The van der Waals surface area contributed by atoms with Gasteiger partial charge in [0.05, 0.1) is 6.04 Å². The van der Waals surface area contributed by atoms with Crippen LogP contribution in [0.3, 0.4) is 0 Å². The SMILES string of the molecule is CC(C)C[C@@H](NC(=O)[C@H](Cc1c[nH]c2ccccc12)NC(=O)[C@@H](N)C(C)C)C(=O)O. The van der Waals surface area contributed by atoms with Crippen molar-refractivity contribution >= 4 is 28.7 Å². The van der Waals surface area contributed by atoms with Crippen LogP contribution in [0.2, 0.25) is 0 Å². The molecule has 0 saturated carbocycles. The molecule has 0 radical (unpaired) electrons. The lowest BCUT2D eigenvalue weighted by Gasteiger charge is -2.24. The van der Waals surface area contributed by atoms with E-state index in [0.717, 1.165) is 16.5 Å². The molecule has 6 N–H and O–H groups in total. The number of nitrogens with one attached hydrogen (secondary N) is 3. The van der Waals surface area contributed by atoms with E-state index in [2.05, 4.69) is 15.6 Å². The van der Waals surface area contributed by atoms with Gasteiger partial charge < -0.3 is 26.5 Å². The van der Waals surface area contributed by atoms with E-state index < -0.39 is 35.9 Å². The van der Waals surface area contributed by atoms with Gasteiger partial charge in [-0.2, -0.15) is 0 Å². The second-order valence-electron chi connectivity index (χ2n) is 8.42. The summed E-state index contributed by atoms with van der Waals surface area (Å²) in [5, 5.41) is 15.7. The van der Waals surface area contributed by atoms with Crippen LogP contribution in [0.4, 0.5) is 0 Å². The van der Waals surface area contributed by atoms with Gasteiger partial charge in [-0.1, -0.05) is 45.9 Å². The number of carboxylic acids is 1. The number of benzene rings is 1. The zero-order chi connectivity index (χ0) is 22.4. The molecule has 2 amide bonds. The fraction of sp³-hybridized carbons (Fsp3) is 0.500. The molecular formula is C22H32N4O4. The van der Waals surface area contributed by atoms with Gasteiger partial charge in [0, 0.05) is 23.5 Å². The average molecular weight is 417 g/mol. The van der Waals surface area contributed by atoms with E-state index in [9.17, 15) is 19.5 Å². The van der Waals surface area contributed by atoms with Gasteiger partial charge in [0.25, 0.3) is 0 Å². The Morgan fingerprint density at radius 1 is 1.03 bits per heavy atom. The summed E-state index contributed by atoms with van der Waals surface area (Å²) < 4.78 is 0. The summed E-state index contributed by atoms with van der Waals surface area (Å²) >= 11 is 0. The number of fused-ring (bicyclic) bond motifs is 1. The van der Waals surface area contributed by atoms with Gasteiger partial charge in [0.15, 0.2) is 0 Å². The number of amides is 2. The van der Waals surface area contributed by atoms with Gasteiger partial charge >= 0.3 is 5.97 Å². The van der Waals surface area contributed by atoms with Crippen LogP contribution in [0, 0.1) is 11.8 Å². The maximum absolute atomic E-state index is 13.0. The second-order valence-corrected chi connectivity index (χ2v) is 8.42. The van der Waals surface area contributed by atoms with Crippen LogP contribution in [0.25, 0.3) is 10.9 Å². The molecule has 1 aromatic carbocycles. The third-order valence-electron chi connectivity index (χ3n) is 5.07. The predicted octanol–water partition coefficient (Wildman–Crippen LogP) is 1.79. The Balaban J connectivity index is 2.26. The Morgan fingerprint density at radius 2 is 1.67 bits per heavy atom. The largest absolute Gasteiger partial charge is 0.480 e. The first-order valence-corrected chi connectivity index (χ1v) is 10.2. The van der Waals surface area contributed by atoms with Gasteiger partial charge in [-0.25, -0.2) is 4.79 Å². The van der Waals surface area contributed by atoms with Crippen LogP contribution in [0.1, 0.15) is 39.7 Å². The Bertz CT molecular complexity index is 890. The Hall–Kier alpha value is -2.87. The lowest BCUT2D eigenvalue weighted by atomic mass is 10.00. The third kappa shape index (κ3) is 6.06. The number of aromatic amines is 1. The minimum atomic E-state index is -1.10. The molecule has 0 fully saturated rings. The summed E-state index contributed by atoms with van der Waals surface area (Å²) in [6, 6.07) is 4.90. The third-order valence-corrected chi connectivity index (χ3v) is 5.07. The zero-order valence-corrected chi connectivity index (χ0v) is 17.9. The minimum Gasteiger partial charge on any atom is -0.480 e. The highest BCUT2D eigenvalue weighted by atomic mass is 16.4. The number of nitrogens with two attached hydrogens (primary N) is 1. The lowest BCUT2D eigenvalue weighted by Crippen LogP contribution is -2.56. The molecule has 2 aromatic rings. The van der Waals surface area contributed by atoms with Crippen molar-refractivity contribution in [2.24, 2.45) is 17.6 Å². The fourth-order valence-corrected chi connectivity index (χ4v) is 3.27. The van der Waals surface area contributed by atoms with Gasteiger partial charge in [-0.3, -0.25) is 9.59 Å². The molecule has 3 atom stereocenters. The van der Waals surface area contributed by atoms with Crippen molar-refractivity contribution in [3.05, 3.63) is 36.0 Å². The number of carbonyl (C=O) groups excluding carboxylic acids is 2. The number of H-pyrrole nitrogens is 1. The van der Waals surface area contributed by atoms with Gasteiger partial charge in [-0.15, -0.1) is 0 Å². The summed E-state index contributed by atoms with van der Waals surface area (Å²) in [4.78, 5) is 40.3. The van der Waals surface area contributed by atoms with E-state index in [1.165, 1.54) is 0 Å². The van der Waals surface area contributed by atoms with E-state index >= 15 is 0 Å². The molecule has 30 heavy (non-hydrogen) atoms. The van der Waals surface area contributed by atoms with E-state index in [1.54, 1.807) is 6.20 Å². The number of carbonyl (C=O) groups is 3. The first-order valence-electron chi connectivity index (χ1n) is 10.2. The quantitative estimate of drug-likeness (QED) is 0.402. The smallest absolute Gasteiger partial charge is 0.326 e. The van der Waals surface area contributed by atoms with Gasteiger partial charge in [0.1, 0.15) is 12.1 Å². The second kappa shape index (κ2) is 10.2. The monoisotopic (exact) mass is 416 g/mol. The van der Waals surface area contributed by atoms with Crippen molar-refractivity contribution < 1.29 is 19.5 Å². The maximum atomic E-state index is 13.0. The summed E-state index contributed by atoms with van der Waals surface area (Å²) in [5.41, 5.74) is 7.71. The fourth-order valence-electron chi connectivity index (χ4n) is 3.27. The number of rotatable bonds is 10. The molecule has 8 nitrogen and oxygen atoms in total. The molecule has 1 aromatic heterocycles. The molecule has 0 saturated heterocycles. The average Bonchev–Trinajstić information content (AvgIpc) is 3.08.